The number of nitro benzene ring substituents is 1. The average Bonchev–Trinajstić information content (AvgIpc) is 3.16. The molecule has 6 heteroatoms. The van der Waals surface area contributed by atoms with E-state index in [0.29, 0.717) is 5.69 Å². The highest BCUT2D eigenvalue weighted by molar-refractivity contribution is 7.22. The van der Waals surface area contributed by atoms with E-state index in [1.54, 1.807) is 12.1 Å². The first-order valence-electron chi connectivity index (χ1n) is 10.1. The van der Waals surface area contributed by atoms with Crippen LogP contribution in [0.2, 0.25) is 0 Å². The topological polar surface area (TPSA) is 82.0 Å². The van der Waals surface area contributed by atoms with Crippen molar-refractivity contribution in [2.45, 2.75) is 6.92 Å². The number of thiophene rings is 1. The van der Waals surface area contributed by atoms with E-state index < -0.39 is 4.92 Å². The predicted molar refractivity (Wildman–Crippen MR) is 132 cm³/mol. The number of rotatable bonds is 4. The van der Waals surface area contributed by atoms with Crippen LogP contribution in [0.15, 0.2) is 84.9 Å². The number of anilines is 1. The van der Waals surface area contributed by atoms with Gasteiger partial charge in [0.1, 0.15) is 4.83 Å². The van der Waals surface area contributed by atoms with Crippen molar-refractivity contribution in [3.63, 3.8) is 0 Å². The first-order valence-corrected chi connectivity index (χ1v) is 10.9. The molecule has 2 aromatic heterocycles. The molecular formula is C26H19N3O2S. The maximum Gasteiger partial charge on any atom is 0.269 e. The highest BCUT2D eigenvalue weighted by atomic mass is 32.1. The molecule has 0 atom stereocenters. The molecule has 0 bridgehead atoms. The van der Waals surface area contributed by atoms with Crippen LogP contribution in [0.4, 0.5) is 11.4 Å². The Hall–Kier alpha value is -4.03. The number of benzene rings is 3. The summed E-state index contributed by atoms with van der Waals surface area (Å²) in [5.41, 5.74) is 13.4. The molecular weight excluding hydrogens is 418 g/mol. The van der Waals surface area contributed by atoms with Crippen molar-refractivity contribution < 1.29 is 4.92 Å². The molecule has 0 saturated heterocycles. The Morgan fingerprint density at radius 2 is 1.53 bits per heavy atom. The van der Waals surface area contributed by atoms with Gasteiger partial charge in [-0.2, -0.15) is 0 Å². The molecule has 5 rings (SSSR count). The van der Waals surface area contributed by atoms with E-state index >= 15 is 0 Å². The van der Waals surface area contributed by atoms with Crippen molar-refractivity contribution in [2.75, 3.05) is 5.73 Å². The zero-order valence-corrected chi connectivity index (χ0v) is 18.1. The fraction of sp³-hybridized carbons (Fsp3) is 0.0385. The van der Waals surface area contributed by atoms with Crippen LogP contribution in [-0.4, -0.2) is 9.91 Å². The van der Waals surface area contributed by atoms with Gasteiger partial charge >= 0.3 is 0 Å². The van der Waals surface area contributed by atoms with Crippen molar-refractivity contribution in [3.8, 4) is 32.8 Å². The lowest BCUT2D eigenvalue weighted by molar-refractivity contribution is -0.384. The van der Waals surface area contributed by atoms with Crippen molar-refractivity contribution in [1.29, 1.82) is 0 Å². The van der Waals surface area contributed by atoms with Crippen LogP contribution in [0, 0.1) is 17.0 Å². The molecule has 156 valence electrons. The Bertz CT molecular complexity index is 1440. The molecule has 0 unspecified atom stereocenters. The Labute approximate surface area is 189 Å². The highest BCUT2D eigenvalue weighted by Gasteiger charge is 2.19. The highest BCUT2D eigenvalue weighted by Crippen LogP contribution is 2.45. The third kappa shape index (κ3) is 3.50. The maximum absolute atomic E-state index is 11.0. The Morgan fingerprint density at radius 3 is 2.19 bits per heavy atom. The number of fused-ring (bicyclic) bond motifs is 1. The minimum atomic E-state index is -0.402. The third-order valence-corrected chi connectivity index (χ3v) is 6.62. The first kappa shape index (κ1) is 19.9. The summed E-state index contributed by atoms with van der Waals surface area (Å²) in [5.74, 6) is 0. The van der Waals surface area contributed by atoms with E-state index in [2.05, 4.69) is 49.4 Å². The second-order valence-corrected chi connectivity index (χ2v) is 8.62. The molecule has 0 radical (unpaired) electrons. The van der Waals surface area contributed by atoms with Gasteiger partial charge in [-0.1, -0.05) is 60.2 Å². The second kappa shape index (κ2) is 7.90. The number of pyridine rings is 1. The number of hydrogen-bond acceptors (Lipinski definition) is 5. The van der Waals surface area contributed by atoms with Gasteiger partial charge < -0.3 is 5.73 Å². The van der Waals surface area contributed by atoms with E-state index in [9.17, 15) is 10.1 Å². The minimum absolute atomic E-state index is 0.0539. The molecule has 0 saturated carbocycles. The van der Waals surface area contributed by atoms with Gasteiger partial charge in [0, 0.05) is 23.1 Å². The maximum atomic E-state index is 11.0. The predicted octanol–water partition coefficient (Wildman–Crippen LogP) is 7.10. The summed E-state index contributed by atoms with van der Waals surface area (Å²) in [4.78, 5) is 17.3. The van der Waals surface area contributed by atoms with Gasteiger partial charge in [-0.25, -0.2) is 4.98 Å². The van der Waals surface area contributed by atoms with Gasteiger partial charge in [0.15, 0.2) is 0 Å². The summed E-state index contributed by atoms with van der Waals surface area (Å²) < 4.78 is 0. The van der Waals surface area contributed by atoms with Crippen molar-refractivity contribution in [1.82, 2.24) is 4.98 Å². The van der Waals surface area contributed by atoms with Crippen molar-refractivity contribution in [2.24, 2.45) is 0 Å². The minimum Gasteiger partial charge on any atom is -0.397 e. The lowest BCUT2D eigenvalue weighted by Crippen LogP contribution is -1.91. The van der Waals surface area contributed by atoms with E-state index in [0.717, 1.165) is 43.0 Å². The fourth-order valence-electron chi connectivity index (χ4n) is 3.79. The summed E-state index contributed by atoms with van der Waals surface area (Å²) in [5, 5.41) is 11.9. The van der Waals surface area contributed by atoms with Crippen LogP contribution >= 0.6 is 11.3 Å². The molecule has 2 N–H and O–H groups in total. The number of aryl methyl sites for hydroxylation is 1. The number of nitrogens with zero attached hydrogens (tertiary/aromatic N) is 2. The van der Waals surface area contributed by atoms with Crippen molar-refractivity contribution >= 4 is 32.9 Å². The number of aromatic nitrogens is 1. The molecule has 2 heterocycles. The van der Waals surface area contributed by atoms with Gasteiger partial charge in [0.25, 0.3) is 5.69 Å². The van der Waals surface area contributed by atoms with Gasteiger partial charge in [0.05, 0.1) is 21.2 Å². The van der Waals surface area contributed by atoms with Crippen LogP contribution in [0.3, 0.4) is 0 Å². The molecule has 3 aromatic carbocycles. The summed E-state index contributed by atoms with van der Waals surface area (Å²) >= 11 is 1.51. The first-order chi connectivity index (χ1) is 15.5. The number of hydrogen-bond donors (Lipinski definition) is 1. The van der Waals surface area contributed by atoms with E-state index in [1.165, 1.54) is 29.0 Å². The fourth-order valence-corrected chi connectivity index (χ4v) is 4.91. The molecule has 32 heavy (non-hydrogen) atoms. The van der Waals surface area contributed by atoms with Gasteiger partial charge in [-0.3, -0.25) is 10.1 Å². The largest absolute Gasteiger partial charge is 0.397 e. The van der Waals surface area contributed by atoms with E-state index in [1.807, 2.05) is 18.2 Å². The lowest BCUT2D eigenvalue weighted by Gasteiger charge is -2.09. The molecule has 0 fully saturated rings. The summed E-state index contributed by atoms with van der Waals surface area (Å²) in [6, 6.07) is 27.0. The summed E-state index contributed by atoms with van der Waals surface area (Å²) in [6.07, 6.45) is 0. The van der Waals surface area contributed by atoms with Crippen LogP contribution in [0.1, 0.15) is 5.56 Å². The standard InChI is InChI=1S/C26H19N3O2S/c1-16-7-9-18(10-8-16)22-15-21(17-5-3-2-4-6-17)23-24(27)25(32-26(23)28-22)19-11-13-20(14-12-19)29(30)31/h2-15H,27H2,1H3. The smallest absolute Gasteiger partial charge is 0.269 e. The summed E-state index contributed by atoms with van der Waals surface area (Å²) in [7, 11) is 0. The number of nitrogens with two attached hydrogens (primary N) is 1. The Balaban J connectivity index is 1.75. The molecule has 0 aliphatic rings. The van der Waals surface area contributed by atoms with Gasteiger partial charge in [-0.15, -0.1) is 11.3 Å². The Kier molecular flexibility index (Phi) is 4.92. The zero-order chi connectivity index (χ0) is 22.2. The summed E-state index contributed by atoms with van der Waals surface area (Å²) in [6.45, 7) is 2.06. The van der Waals surface area contributed by atoms with Crippen LogP contribution in [-0.2, 0) is 0 Å². The van der Waals surface area contributed by atoms with Gasteiger partial charge in [0.2, 0.25) is 0 Å². The average molecular weight is 438 g/mol. The molecule has 5 nitrogen and oxygen atoms in total. The molecule has 0 spiro atoms. The SMILES string of the molecule is Cc1ccc(-c2cc(-c3ccccc3)c3c(N)c(-c4ccc([N+](=O)[O-])cc4)sc3n2)cc1. The van der Waals surface area contributed by atoms with Crippen LogP contribution in [0.5, 0.6) is 0 Å². The van der Waals surface area contributed by atoms with E-state index in [4.69, 9.17) is 10.7 Å². The number of non-ortho nitro benzene ring substituents is 1. The molecule has 0 aliphatic carbocycles. The Morgan fingerprint density at radius 1 is 0.875 bits per heavy atom. The molecule has 0 aliphatic heterocycles. The molecule has 5 aromatic rings. The normalized spacial score (nSPS) is 11.0. The quantitative estimate of drug-likeness (QED) is 0.240. The number of nitrogen functional groups attached to an aromatic ring is 1. The van der Waals surface area contributed by atoms with Crippen molar-refractivity contribution in [3.05, 3.63) is 101 Å². The van der Waals surface area contributed by atoms with Gasteiger partial charge in [-0.05, 0) is 41.8 Å². The zero-order valence-electron chi connectivity index (χ0n) is 17.3. The number of nitro groups is 1. The molecule has 0 amide bonds. The lowest BCUT2D eigenvalue weighted by atomic mass is 9.99. The monoisotopic (exact) mass is 437 g/mol. The second-order valence-electron chi connectivity index (χ2n) is 7.62. The van der Waals surface area contributed by atoms with E-state index in [-0.39, 0.29) is 5.69 Å². The van der Waals surface area contributed by atoms with Crippen LogP contribution < -0.4 is 5.73 Å². The van der Waals surface area contributed by atoms with Crippen LogP contribution in [0.25, 0.3) is 43.0 Å². The third-order valence-electron chi connectivity index (χ3n) is 5.47.